The second-order valence-corrected chi connectivity index (χ2v) is 17.0. The molecule has 4 nitrogen and oxygen atoms in total. The number of nitrogens with zero attached hydrogens (tertiary/aromatic N) is 4. The Hall–Kier alpha value is -8.86. The monoisotopic (exact) mass is 842 g/mol. The first-order valence-electron chi connectivity index (χ1n) is 22.6. The SMILES string of the molecule is c1ccc(-c2ccc(N(c3ccc(-c4ccccc4)cc3)c3ccc(-n4c5cc6c7ccccc7n(-c7ccccc7)c6cc5c5cc6ccn(-c7ccccc7)c6cc54)cc3)cc2)cc1. The molecule has 0 unspecified atom stereocenters. The van der Waals surface area contributed by atoms with Crippen LogP contribution in [-0.4, -0.2) is 13.7 Å². The minimum absolute atomic E-state index is 1.08. The molecule has 0 N–H and O–H groups in total. The molecule has 0 aliphatic carbocycles. The van der Waals surface area contributed by atoms with Gasteiger partial charge in [0.25, 0.3) is 0 Å². The van der Waals surface area contributed by atoms with Crippen molar-refractivity contribution in [3.05, 3.63) is 255 Å². The Morgan fingerprint density at radius 3 is 1.24 bits per heavy atom. The van der Waals surface area contributed by atoms with Crippen LogP contribution < -0.4 is 4.90 Å². The Morgan fingerprint density at radius 2 is 0.667 bits per heavy atom. The van der Waals surface area contributed by atoms with E-state index >= 15 is 0 Å². The molecule has 66 heavy (non-hydrogen) atoms. The van der Waals surface area contributed by atoms with E-state index in [0.29, 0.717) is 0 Å². The summed E-state index contributed by atoms with van der Waals surface area (Å²) in [4.78, 5) is 2.36. The average molecular weight is 843 g/mol. The number of anilines is 3. The average Bonchev–Trinajstić information content (AvgIpc) is 4.06. The van der Waals surface area contributed by atoms with Crippen LogP contribution in [-0.2, 0) is 0 Å². The summed E-state index contributed by atoms with van der Waals surface area (Å²) in [5, 5.41) is 6.10. The van der Waals surface area contributed by atoms with Gasteiger partial charge >= 0.3 is 0 Å². The van der Waals surface area contributed by atoms with Gasteiger partial charge in [-0.3, -0.25) is 0 Å². The Labute approximate surface area is 382 Å². The molecule has 13 aromatic rings. The highest BCUT2D eigenvalue weighted by molar-refractivity contribution is 6.20. The fraction of sp³-hybridized carbons (Fsp3) is 0. The topological polar surface area (TPSA) is 18.0 Å². The second-order valence-electron chi connectivity index (χ2n) is 17.0. The van der Waals surface area contributed by atoms with E-state index in [2.05, 4.69) is 274 Å². The fourth-order valence-electron chi connectivity index (χ4n) is 10.1. The third kappa shape index (κ3) is 6.22. The standard InChI is InChI=1S/C62H42N4/c1-5-15-43(16-6-1)45-25-29-50(30-26-45)64(51-31-27-46(28-32-51)44-17-7-2-8-18-44)52-33-35-53(36-34-52)66-61-40-56-54-23-13-14-24-58(54)65(49-21-11-4-12-22-49)60(56)41-57(61)55-39-47-37-38-63(59(47)42-62(55)66)48-19-9-3-10-20-48/h1-42H. The molecule has 3 aromatic heterocycles. The van der Waals surface area contributed by atoms with Gasteiger partial charge in [-0.25, -0.2) is 0 Å². The molecule has 0 saturated heterocycles. The van der Waals surface area contributed by atoms with Gasteiger partial charge in [-0.05, 0) is 131 Å². The van der Waals surface area contributed by atoms with E-state index in [0.717, 1.165) is 39.6 Å². The molecule has 13 rings (SSSR count). The summed E-state index contributed by atoms with van der Waals surface area (Å²) in [5.41, 5.74) is 17.3. The molecule has 0 atom stereocenters. The summed E-state index contributed by atoms with van der Waals surface area (Å²) >= 11 is 0. The first-order chi connectivity index (χ1) is 32.7. The van der Waals surface area contributed by atoms with Crippen LogP contribution in [0.15, 0.2) is 255 Å². The Morgan fingerprint density at radius 1 is 0.258 bits per heavy atom. The number of hydrogen-bond acceptors (Lipinski definition) is 1. The number of fused-ring (bicyclic) bond motifs is 7. The van der Waals surface area contributed by atoms with Crippen LogP contribution in [0.4, 0.5) is 17.1 Å². The molecular weight excluding hydrogens is 801 g/mol. The third-order valence-electron chi connectivity index (χ3n) is 13.2. The van der Waals surface area contributed by atoms with Crippen LogP contribution in [0.1, 0.15) is 0 Å². The lowest BCUT2D eigenvalue weighted by Gasteiger charge is -2.26. The summed E-state index contributed by atoms with van der Waals surface area (Å²) in [6, 6.07) is 90.2. The zero-order chi connectivity index (χ0) is 43.6. The van der Waals surface area contributed by atoms with Gasteiger partial charge in [-0.2, -0.15) is 0 Å². The van der Waals surface area contributed by atoms with E-state index in [1.807, 2.05) is 0 Å². The summed E-state index contributed by atoms with van der Waals surface area (Å²) < 4.78 is 7.19. The molecule has 0 saturated carbocycles. The highest BCUT2D eigenvalue weighted by Crippen LogP contribution is 2.43. The number of aromatic nitrogens is 3. The van der Waals surface area contributed by atoms with Gasteiger partial charge in [0.05, 0.1) is 27.6 Å². The molecule has 0 aliphatic rings. The van der Waals surface area contributed by atoms with Crippen molar-refractivity contribution >= 4 is 71.6 Å². The van der Waals surface area contributed by atoms with Crippen molar-refractivity contribution in [1.29, 1.82) is 0 Å². The smallest absolute Gasteiger partial charge is 0.0562 e. The third-order valence-corrected chi connectivity index (χ3v) is 13.2. The molecule has 0 amide bonds. The van der Waals surface area contributed by atoms with Gasteiger partial charge in [0.2, 0.25) is 0 Å². The van der Waals surface area contributed by atoms with Gasteiger partial charge in [0.15, 0.2) is 0 Å². The molecule has 0 spiro atoms. The van der Waals surface area contributed by atoms with Crippen molar-refractivity contribution in [2.45, 2.75) is 0 Å². The van der Waals surface area contributed by atoms with Crippen LogP contribution in [0, 0.1) is 0 Å². The lowest BCUT2D eigenvalue weighted by atomic mass is 10.0. The Bertz CT molecular complexity index is 3780. The van der Waals surface area contributed by atoms with Crippen molar-refractivity contribution in [1.82, 2.24) is 13.7 Å². The van der Waals surface area contributed by atoms with Gasteiger partial charge in [0, 0.05) is 67.3 Å². The fourth-order valence-corrected chi connectivity index (χ4v) is 10.1. The van der Waals surface area contributed by atoms with Gasteiger partial charge in [-0.1, -0.05) is 140 Å². The van der Waals surface area contributed by atoms with Gasteiger partial charge in [0.1, 0.15) is 0 Å². The van der Waals surface area contributed by atoms with Crippen LogP contribution in [0.2, 0.25) is 0 Å². The maximum absolute atomic E-state index is 2.47. The van der Waals surface area contributed by atoms with E-state index in [1.54, 1.807) is 0 Å². The molecule has 10 aromatic carbocycles. The molecule has 0 bridgehead atoms. The summed E-state index contributed by atoms with van der Waals surface area (Å²) in [6.07, 6.45) is 2.19. The minimum Gasteiger partial charge on any atom is -0.316 e. The van der Waals surface area contributed by atoms with Crippen LogP contribution >= 0.6 is 0 Å². The number of hydrogen-bond donors (Lipinski definition) is 0. The molecule has 0 fully saturated rings. The largest absolute Gasteiger partial charge is 0.316 e. The zero-order valence-corrected chi connectivity index (χ0v) is 36.0. The highest BCUT2D eigenvalue weighted by atomic mass is 15.1. The van der Waals surface area contributed by atoms with E-state index < -0.39 is 0 Å². The molecule has 3 heterocycles. The van der Waals surface area contributed by atoms with Crippen LogP contribution in [0.25, 0.3) is 93.8 Å². The molecule has 0 radical (unpaired) electrons. The predicted molar refractivity (Wildman–Crippen MR) is 278 cm³/mol. The van der Waals surface area contributed by atoms with Gasteiger partial charge in [-0.15, -0.1) is 0 Å². The van der Waals surface area contributed by atoms with Crippen molar-refractivity contribution in [2.24, 2.45) is 0 Å². The maximum atomic E-state index is 2.47. The van der Waals surface area contributed by atoms with E-state index in [9.17, 15) is 0 Å². The Kier molecular flexibility index (Phi) is 8.81. The first-order valence-corrected chi connectivity index (χ1v) is 22.6. The van der Waals surface area contributed by atoms with Crippen molar-refractivity contribution in [3.8, 4) is 39.3 Å². The molecule has 310 valence electrons. The lowest BCUT2D eigenvalue weighted by Crippen LogP contribution is -2.10. The van der Waals surface area contributed by atoms with Crippen molar-refractivity contribution < 1.29 is 0 Å². The van der Waals surface area contributed by atoms with Crippen molar-refractivity contribution in [3.63, 3.8) is 0 Å². The second kappa shape index (κ2) is 15.4. The minimum atomic E-state index is 1.08. The van der Waals surface area contributed by atoms with E-state index in [1.165, 1.54) is 71.3 Å². The molecule has 0 aliphatic heterocycles. The number of para-hydroxylation sites is 3. The van der Waals surface area contributed by atoms with Crippen molar-refractivity contribution in [2.75, 3.05) is 4.90 Å². The summed E-state index contributed by atoms with van der Waals surface area (Å²) in [7, 11) is 0. The highest BCUT2D eigenvalue weighted by Gasteiger charge is 2.21. The number of benzene rings is 10. The predicted octanol–water partition coefficient (Wildman–Crippen LogP) is 16.6. The zero-order valence-electron chi connectivity index (χ0n) is 36.0. The lowest BCUT2D eigenvalue weighted by molar-refractivity contribution is 1.12. The number of rotatable bonds is 8. The quantitative estimate of drug-likeness (QED) is 0.149. The Balaban J connectivity index is 1.01. The summed E-state index contributed by atoms with van der Waals surface area (Å²) in [5.74, 6) is 0. The van der Waals surface area contributed by atoms with E-state index in [-0.39, 0.29) is 0 Å². The van der Waals surface area contributed by atoms with Crippen LogP contribution in [0.5, 0.6) is 0 Å². The van der Waals surface area contributed by atoms with Gasteiger partial charge < -0.3 is 18.6 Å². The normalized spacial score (nSPS) is 11.6. The first kappa shape index (κ1) is 37.7. The van der Waals surface area contributed by atoms with E-state index in [4.69, 9.17) is 0 Å². The van der Waals surface area contributed by atoms with Crippen LogP contribution in [0.3, 0.4) is 0 Å². The maximum Gasteiger partial charge on any atom is 0.0562 e. The molecular formula is C62H42N4. The summed E-state index contributed by atoms with van der Waals surface area (Å²) in [6.45, 7) is 0. The molecule has 4 heteroatoms.